The molecular weight excluding hydrogens is 332 g/mol. The molecular formula is C21H24O5. The van der Waals surface area contributed by atoms with E-state index in [0.29, 0.717) is 37.4 Å². The number of carbonyl (C=O) groups is 1. The first-order chi connectivity index (χ1) is 12.7. The van der Waals surface area contributed by atoms with E-state index >= 15 is 0 Å². The first kappa shape index (κ1) is 18.4. The van der Waals surface area contributed by atoms with E-state index in [-0.39, 0.29) is 0 Å². The SMILES string of the molecule is CCOC1c2ccc(OCc3ccccc3)c(C(=O)OC)c2CCC1O. The molecule has 0 heterocycles. The minimum Gasteiger partial charge on any atom is -0.488 e. The molecule has 1 N–H and O–H groups in total. The Labute approximate surface area is 153 Å². The van der Waals surface area contributed by atoms with Crippen LogP contribution in [0.25, 0.3) is 0 Å². The Kier molecular flexibility index (Phi) is 5.91. The fraction of sp³-hybridized carbons (Fsp3) is 0.381. The average molecular weight is 356 g/mol. The zero-order valence-corrected chi connectivity index (χ0v) is 15.1. The molecule has 2 aromatic rings. The topological polar surface area (TPSA) is 65.0 Å². The summed E-state index contributed by atoms with van der Waals surface area (Å²) in [6.45, 7) is 2.74. The molecule has 1 aliphatic carbocycles. The van der Waals surface area contributed by atoms with Crippen molar-refractivity contribution in [1.82, 2.24) is 0 Å². The third kappa shape index (κ3) is 3.74. The van der Waals surface area contributed by atoms with E-state index < -0.39 is 18.2 Å². The Bertz CT molecular complexity index is 756. The molecule has 5 nitrogen and oxygen atoms in total. The normalized spacial score (nSPS) is 18.9. The minimum atomic E-state index is -0.580. The molecule has 0 amide bonds. The number of benzene rings is 2. The molecule has 26 heavy (non-hydrogen) atoms. The number of methoxy groups -OCH3 is 1. The van der Waals surface area contributed by atoms with Crippen LogP contribution in [0.15, 0.2) is 42.5 Å². The number of carbonyl (C=O) groups excluding carboxylic acids is 1. The lowest BCUT2D eigenvalue weighted by atomic mass is 9.84. The van der Waals surface area contributed by atoms with Gasteiger partial charge in [-0.25, -0.2) is 4.79 Å². The Hall–Kier alpha value is -2.37. The molecule has 5 heteroatoms. The van der Waals surface area contributed by atoms with Gasteiger partial charge in [0.1, 0.15) is 24.0 Å². The van der Waals surface area contributed by atoms with Crippen LogP contribution < -0.4 is 4.74 Å². The second-order valence-corrected chi connectivity index (χ2v) is 6.25. The molecule has 2 atom stereocenters. The summed E-state index contributed by atoms with van der Waals surface area (Å²) in [6, 6.07) is 13.4. The molecule has 3 rings (SSSR count). The van der Waals surface area contributed by atoms with Crippen molar-refractivity contribution >= 4 is 5.97 Å². The van der Waals surface area contributed by atoms with Gasteiger partial charge in [-0.2, -0.15) is 0 Å². The molecule has 2 aromatic carbocycles. The van der Waals surface area contributed by atoms with Gasteiger partial charge in [0.25, 0.3) is 0 Å². The van der Waals surface area contributed by atoms with Gasteiger partial charge < -0.3 is 19.3 Å². The smallest absolute Gasteiger partial charge is 0.341 e. The highest BCUT2D eigenvalue weighted by atomic mass is 16.5. The maximum absolute atomic E-state index is 12.5. The number of ether oxygens (including phenoxy) is 3. The molecule has 0 aromatic heterocycles. The Morgan fingerprint density at radius 1 is 1.19 bits per heavy atom. The Morgan fingerprint density at radius 2 is 1.96 bits per heavy atom. The van der Waals surface area contributed by atoms with E-state index in [0.717, 1.165) is 16.7 Å². The molecule has 0 spiro atoms. The number of aliphatic hydroxyl groups is 1. The van der Waals surface area contributed by atoms with E-state index in [4.69, 9.17) is 14.2 Å². The number of hydrogen-bond acceptors (Lipinski definition) is 5. The van der Waals surface area contributed by atoms with Gasteiger partial charge in [-0.05, 0) is 42.5 Å². The molecule has 138 valence electrons. The van der Waals surface area contributed by atoms with E-state index in [9.17, 15) is 9.90 Å². The first-order valence-corrected chi connectivity index (χ1v) is 8.86. The van der Waals surface area contributed by atoms with Crippen LogP contribution in [0.2, 0.25) is 0 Å². The largest absolute Gasteiger partial charge is 0.488 e. The fourth-order valence-electron chi connectivity index (χ4n) is 3.39. The molecule has 0 saturated carbocycles. The predicted molar refractivity (Wildman–Crippen MR) is 97.3 cm³/mol. The summed E-state index contributed by atoms with van der Waals surface area (Å²) in [5, 5.41) is 10.3. The summed E-state index contributed by atoms with van der Waals surface area (Å²) in [4.78, 5) is 12.5. The van der Waals surface area contributed by atoms with Crippen molar-refractivity contribution in [1.29, 1.82) is 0 Å². The van der Waals surface area contributed by atoms with E-state index in [1.165, 1.54) is 7.11 Å². The zero-order valence-electron chi connectivity index (χ0n) is 15.1. The lowest BCUT2D eigenvalue weighted by Crippen LogP contribution is -2.29. The van der Waals surface area contributed by atoms with Gasteiger partial charge in [-0.1, -0.05) is 36.4 Å². The zero-order chi connectivity index (χ0) is 18.5. The quantitative estimate of drug-likeness (QED) is 0.803. The summed E-state index contributed by atoms with van der Waals surface area (Å²) in [7, 11) is 1.36. The second kappa shape index (κ2) is 8.34. The summed E-state index contributed by atoms with van der Waals surface area (Å²) >= 11 is 0. The van der Waals surface area contributed by atoms with Crippen LogP contribution in [0.1, 0.15) is 46.5 Å². The number of fused-ring (bicyclic) bond motifs is 1. The third-order valence-corrected chi connectivity index (χ3v) is 4.63. The monoisotopic (exact) mass is 356 g/mol. The van der Waals surface area contributed by atoms with Crippen molar-refractivity contribution in [2.24, 2.45) is 0 Å². The Balaban J connectivity index is 1.96. The summed E-state index contributed by atoms with van der Waals surface area (Å²) < 4.78 is 16.6. The molecule has 0 aliphatic heterocycles. The second-order valence-electron chi connectivity index (χ2n) is 6.25. The number of aliphatic hydroxyl groups excluding tert-OH is 1. The van der Waals surface area contributed by atoms with Crippen LogP contribution in [0.4, 0.5) is 0 Å². The van der Waals surface area contributed by atoms with Crippen molar-refractivity contribution in [3.8, 4) is 5.75 Å². The molecule has 0 saturated heterocycles. The van der Waals surface area contributed by atoms with Gasteiger partial charge in [0.15, 0.2) is 0 Å². The van der Waals surface area contributed by atoms with Crippen LogP contribution in [0, 0.1) is 0 Å². The fourth-order valence-corrected chi connectivity index (χ4v) is 3.39. The van der Waals surface area contributed by atoms with Crippen molar-refractivity contribution in [3.63, 3.8) is 0 Å². The summed E-state index contributed by atoms with van der Waals surface area (Å²) in [5.74, 6) is 0.0580. The molecule has 1 aliphatic rings. The number of esters is 1. The van der Waals surface area contributed by atoms with Crippen LogP contribution in [-0.4, -0.2) is 30.9 Å². The van der Waals surface area contributed by atoms with Gasteiger partial charge in [-0.15, -0.1) is 0 Å². The molecule has 0 bridgehead atoms. The van der Waals surface area contributed by atoms with Crippen molar-refractivity contribution in [2.45, 2.75) is 38.6 Å². The van der Waals surface area contributed by atoms with Crippen molar-refractivity contribution in [2.75, 3.05) is 13.7 Å². The average Bonchev–Trinajstić information content (AvgIpc) is 2.68. The summed E-state index contributed by atoms with van der Waals surface area (Å²) in [6.07, 6.45) is 0.0935. The highest BCUT2D eigenvalue weighted by Crippen LogP contribution is 2.38. The van der Waals surface area contributed by atoms with Crippen molar-refractivity contribution in [3.05, 3.63) is 64.7 Å². The number of rotatable bonds is 6. The van der Waals surface area contributed by atoms with Gasteiger partial charge in [0.2, 0.25) is 0 Å². The lowest BCUT2D eigenvalue weighted by Gasteiger charge is -2.31. The predicted octanol–water partition coefficient (Wildman–Crippen LogP) is 3.44. The van der Waals surface area contributed by atoms with Crippen LogP contribution >= 0.6 is 0 Å². The maximum atomic E-state index is 12.5. The van der Waals surface area contributed by atoms with Crippen molar-refractivity contribution < 1.29 is 24.1 Å². The minimum absolute atomic E-state index is 0.362. The maximum Gasteiger partial charge on any atom is 0.341 e. The molecule has 2 unspecified atom stereocenters. The molecule has 0 fully saturated rings. The first-order valence-electron chi connectivity index (χ1n) is 8.86. The molecule has 0 radical (unpaired) electrons. The summed E-state index contributed by atoms with van der Waals surface area (Å²) in [5.41, 5.74) is 3.12. The third-order valence-electron chi connectivity index (χ3n) is 4.63. The van der Waals surface area contributed by atoms with Crippen LogP contribution in [0.3, 0.4) is 0 Å². The van der Waals surface area contributed by atoms with E-state index in [1.54, 1.807) is 6.07 Å². The van der Waals surface area contributed by atoms with Gasteiger partial charge in [0, 0.05) is 6.61 Å². The van der Waals surface area contributed by atoms with Crippen LogP contribution in [0.5, 0.6) is 5.75 Å². The highest BCUT2D eigenvalue weighted by molar-refractivity contribution is 5.94. The van der Waals surface area contributed by atoms with Crippen LogP contribution in [-0.2, 0) is 22.5 Å². The lowest BCUT2D eigenvalue weighted by molar-refractivity contribution is -0.0435. The van der Waals surface area contributed by atoms with Gasteiger partial charge in [0.05, 0.1) is 13.2 Å². The Morgan fingerprint density at radius 3 is 2.65 bits per heavy atom. The number of hydrogen-bond donors (Lipinski definition) is 1. The highest BCUT2D eigenvalue weighted by Gasteiger charge is 2.33. The van der Waals surface area contributed by atoms with Gasteiger partial charge >= 0.3 is 5.97 Å². The van der Waals surface area contributed by atoms with E-state index in [1.807, 2.05) is 43.3 Å². The van der Waals surface area contributed by atoms with E-state index in [2.05, 4.69) is 0 Å². The standard InChI is InChI=1S/C21H24O5/c1-3-25-20-16-10-12-18(26-13-14-7-5-4-6-8-14)19(21(23)24-2)15(16)9-11-17(20)22/h4-8,10,12,17,20,22H,3,9,11,13H2,1-2H3. The van der Waals surface area contributed by atoms with Gasteiger partial charge in [-0.3, -0.25) is 0 Å².